The number of carbonyl (C=O) groups excluding carboxylic acids is 2. The van der Waals surface area contributed by atoms with Crippen molar-refractivity contribution in [3.63, 3.8) is 0 Å². The summed E-state index contributed by atoms with van der Waals surface area (Å²) in [4.78, 5) is 32.8. The van der Waals surface area contributed by atoms with Gasteiger partial charge < -0.3 is 20.5 Å². The topological polar surface area (TPSA) is 105 Å². The summed E-state index contributed by atoms with van der Waals surface area (Å²) in [6.45, 7) is 3.75. The molecule has 0 bridgehead atoms. The number of urea groups is 1. The van der Waals surface area contributed by atoms with Gasteiger partial charge in [-0.3, -0.25) is 4.79 Å². The molecule has 0 unspecified atom stereocenters. The third kappa shape index (κ3) is 7.15. The third-order valence-corrected chi connectivity index (χ3v) is 1.93. The Morgan fingerprint density at radius 3 is 2.41 bits per heavy atom. The van der Waals surface area contributed by atoms with E-state index in [0.717, 1.165) is 0 Å². The highest BCUT2D eigenvalue weighted by Gasteiger charge is 2.17. The van der Waals surface area contributed by atoms with Crippen molar-refractivity contribution in [1.29, 1.82) is 0 Å². The minimum atomic E-state index is -1.09. The van der Waals surface area contributed by atoms with Crippen LogP contribution in [0, 0.1) is 0 Å². The highest BCUT2D eigenvalue weighted by molar-refractivity contribution is 5.82. The van der Waals surface area contributed by atoms with E-state index >= 15 is 0 Å². The zero-order chi connectivity index (χ0) is 13.3. The highest BCUT2D eigenvalue weighted by Crippen LogP contribution is 1.90. The number of nitrogens with one attached hydrogen (secondary N) is 2. The molecular formula is C10H18N2O5. The van der Waals surface area contributed by atoms with Crippen LogP contribution < -0.4 is 10.6 Å². The molecule has 0 spiro atoms. The normalized spacial score (nSPS) is 11.4. The van der Waals surface area contributed by atoms with Crippen molar-refractivity contribution in [2.75, 3.05) is 13.2 Å². The second-order valence-corrected chi connectivity index (χ2v) is 3.25. The molecule has 3 N–H and O–H groups in total. The van der Waals surface area contributed by atoms with Crippen LogP contribution in [0.15, 0.2) is 0 Å². The van der Waals surface area contributed by atoms with Gasteiger partial charge in [0.15, 0.2) is 0 Å². The smallest absolute Gasteiger partial charge is 0.326 e. The van der Waals surface area contributed by atoms with Gasteiger partial charge in [-0.25, -0.2) is 9.59 Å². The molecule has 0 aliphatic rings. The van der Waals surface area contributed by atoms with Crippen molar-refractivity contribution in [3.05, 3.63) is 0 Å². The minimum Gasteiger partial charge on any atom is -0.480 e. The van der Waals surface area contributed by atoms with E-state index in [9.17, 15) is 14.4 Å². The fourth-order valence-electron chi connectivity index (χ4n) is 1.06. The van der Waals surface area contributed by atoms with Crippen molar-refractivity contribution in [3.8, 4) is 0 Å². The van der Waals surface area contributed by atoms with Gasteiger partial charge >= 0.3 is 18.0 Å². The Kier molecular flexibility index (Phi) is 7.49. The maximum Gasteiger partial charge on any atom is 0.326 e. The number of carboxylic acids is 1. The van der Waals surface area contributed by atoms with Crippen LogP contribution in [0.5, 0.6) is 0 Å². The van der Waals surface area contributed by atoms with Crippen molar-refractivity contribution >= 4 is 18.0 Å². The molecule has 0 heterocycles. The summed E-state index contributed by atoms with van der Waals surface area (Å²) in [5.41, 5.74) is 0. The number of hydrogen-bond donors (Lipinski definition) is 3. The van der Waals surface area contributed by atoms with Gasteiger partial charge in [0, 0.05) is 6.54 Å². The number of carbonyl (C=O) groups is 3. The second kappa shape index (κ2) is 8.37. The summed E-state index contributed by atoms with van der Waals surface area (Å²) in [6.07, 6.45) is 0.353. The molecule has 0 rings (SSSR count). The lowest BCUT2D eigenvalue weighted by atomic mass is 10.2. The largest absolute Gasteiger partial charge is 0.480 e. The van der Waals surface area contributed by atoms with Crippen LogP contribution in [0.1, 0.15) is 26.7 Å². The molecule has 17 heavy (non-hydrogen) atoms. The Bertz CT molecular complexity index is 280. The van der Waals surface area contributed by atoms with Crippen LogP contribution >= 0.6 is 0 Å². The number of hydrogen-bond acceptors (Lipinski definition) is 4. The number of rotatable bonds is 7. The van der Waals surface area contributed by atoms with Gasteiger partial charge in [-0.2, -0.15) is 0 Å². The molecule has 7 heteroatoms. The quantitative estimate of drug-likeness (QED) is 0.553. The van der Waals surface area contributed by atoms with Gasteiger partial charge in [0.2, 0.25) is 0 Å². The van der Waals surface area contributed by atoms with Crippen LogP contribution in [0.2, 0.25) is 0 Å². The number of amides is 2. The Morgan fingerprint density at radius 1 is 1.29 bits per heavy atom. The number of aliphatic carboxylic acids is 1. The summed E-state index contributed by atoms with van der Waals surface area (Å²) in [7, 11) is 0. The summed E-state index contributed by atoms with van der Waals surface area (Å²) in [6, 6.07) is -1.53. The second-order valence-electron chi connectivity index (χ2n) is 3.25. The fourth-order valence-corrected chi connectivity index (χ4v) is 1.06. The summed E-state index contributed by atoms with van der Waals surface area (Å²) < 4.78 is 4.66. The molecule has 0 aliphatic carbocycles. The monoisotopic (exact) mass is 246 g/mol. The van der Waals surface area contributed by atoms with Crippen molar-refractivity contribution < 1.29 is 24.2 Å². The lowest BCUT2D eigenvalue weighted by Gasteiger charge is -2.12. The molecule has 2 amide bonds. The maximum absolute atomic E-state index is 11.2. The van der Waals surface area contributed by atoms with Crippen LogP contribution in [-0.2, 0) is 14.3 Å². The van der Waals surface area contributed by atoms with E-state index in [0.29, 0.717) is 13.0 Å². The molecule has 7 nitrogen and oxygen atoms in total. The average molecular weight is 246 g/mol. The number of carboxylic acid groups (broad SMARTS) is 1. The summed E-state index contributed by atoms with van der Waals surface area (Å²) in [5, 5.41) is 13.3. The zero-order valence-corrected chi connectivity index (χ0v) is 9.99. The summed E-state index contributed by atoms with van der Waals surface area (Å²) in [5.74, 6) is -1.49. The lowest BCUT2D eigenvalue weighted by Crippen LogP contribution is -2.46. The molecule has 0 radical (unpaired) electrons. The Hall–Kier alpha value is -1.79. The molecule has 0 saturated carbocycles. The lowest BCUT2D eigenvalue weighted by molar-refractivity contribution is -0.143. The Morgan fingerprint density at radius 2 is 1.94 bits per heavy atom. The molecule has 0 saturated heterocycles. The molecule has 0 aliphatic heterocycles. The van der Waals surface area contributed by atoms with Gasteiger partial charge in [0.25, 0.3) is 0 Å². The standard InChI is InChI=1S/C10H18N2O5/c1-3-7(9(14)15)12-10(16)11-6-5-8(13)17-4-2/h7H,3-6H2,1-2H3,(H,14,15)(H2,11,12,16)/t7-/m0/s1. The Balaban J connectivity index is 3.79. The van der Waals surface area contributed by atoms with E-state index in [1.54, 1.807) is 13.8 Å². The first-order valence-corrected chi connectivity index (χ1v) is 5.44. The SMILES string of the molecule is CCOC(=O)CCNC(=O)N[C@@H](CC)C(=O)O. The van der Waals surface area contributed by atoms with E-state index in [2.05, 4.69) is 15.4 Å². The predicted octanol–water partition coefficient (Wildman–Crippen LogP) is 0.102. The van der Waals surface area contributed by atoms with Crippen molar-refractivity contribution in [2.24, 2.45) is 0 Å². The molecule has 0 fully saturated rings. The van der Waals surface area contributed by atoms with Gasteiger partial charge in [-0.05, 0) is 13.3 Å². The highest BCUT2D eigenvalue weighted by atomic mass is 16.5. The number of esters is 1. The minimum absolute atomic E-state index is 0.0606. The van der Waals surface area contributed by atoms with E-state index in [-0.39, 0.29) is 13.0 Å². The van der Waals surface area contributed by atoms with E-state index in [1.807, 2.05) is 0 Å². The first-order chi connectivity index (χ1) is 8.01. The molecular weight excluding hydrogens is 228 g/mol. The predicted molar refractivity (Wildman–Crippen MR) is 59.5 cm³/mol. The van der Waals surface area contributed by atoms with Crippen molar-refractivity contribution in [1.82, 2.24) is 10.6 Å². The van der Waals surface area contributed by atoms with E-state index in [1.165, 1.54) is 0 Å². The molecule has 1 atom stereocenters. The third-order valence-electron chi connectivity index (χ3n) is 1.93. The molecule has 0 aromatic rings. The zero-order valence-electron chi connectivity index (χ0n) is 9.99. The average Bonchev–Trinajstić information content (AvgIpc) is 2.25. The van der Waals surface area contributed by atoms with Gasteiger partial charge in [-0.15, -0.1) is 0 Å². The van der Waals surface area contributed by atoms with Crippen LogP contribution in [0.25, 0.3) is 0 Å². The van der Waals surface area contributed by atoms with Gasteiger partial charge in [0.1, 0.15) is 6.04 Å². The maximum atomic E-state index is 11.2. The van der Waals surface area contributed by atoms with E-state index < -0.39 is 24.0 Å². The van der Waals surface area contributed by atoms with Crippen LogP contribution in [-0.4, -0.2) is 42.3 Å². The van der Waals surface area contributed by atoms with Crippen LogP contribution in [0.4, 0.5) is 4.79 Å². The summed E-state index contributed by atoms with van der Waals surface area (Å²) >= 11 is 0. The first-order valence-electron chi connectivity index (χ1n) is 5.44. The molecule has 98 valence electrons. The number of ether oxygens (including phenoxy) is 1. The molecule has 0 aromatic carbocycles. The fraction of sp³-hybridized carbons (Fsp3) is 0.700. The first kappa shape index (κ1) is 15.2. The van der Waals surface area contributed by atoms with Crippen LogP contribution in [0.3, 0.4) is 0 Å². The molecule has 0 aromatic heterocycles. The van der Waals surface area contributed by atoms with Crippen molar-refractivity contribution in [2.45, 2.75) is 32.7 Å². The van der Waals surface area contributed by atoms with Gasteiger partial charge in [0.05, 0.1) is 13.0 Å². The van der Waals surface area contributed by atoms with E-state index in [4.69, 9.17) is 5.11 Å². The Labute approximate surface area is 99.5 Å². The van der Waals surface area contributed by atoms with Gasteiger partial charge in [-0.1, -0.05) is 6.92 Å².